The van der Waals surface area contributed by atoms with E-state index in [9.17, 15) is 4.79 Å². The van der Waals surface area contributed by atoms with Crippen LogP contribution in [0.1, 0.15) is 44.2 Å². The van der Waals surface area contributed by atoms with Crippen LogP contribution in [0.25, 0.3) is 15.9 Å². The molecule has 7 rings (SSSR count). The third-order valence-corrected chi connectivity index (χ3v) is 9.58. The Morgan fingerprint density at radius 3 is 2.73 bits per heavy atom. The number of anilines is 1. The number of hydrogen-bond acceptors (Lipinski definition) is 9. The van der Waals surface area contributed by atoms with Gasteiger partial charge in [0.15, 0.2) is 10.8 Å². The van der Waals surface area contributed by atoms with E-state index in [-0.39, 0.29) is 5.91 Å². The number of benzene rings is 1. The number of piperazine rings is 1. The Bertz CT molecular complexity index is 1450. The van der Waals surface area contributed by atoms with E-state index < -0.39 is 0 Å². The molecule has 3 aromatic heterocycles. The van der Waals surface area contributed by atoms with Gasteiger partial charge in [0.2, 0.25) is 11.1 Å². The van der Waals surface area contributed by atoms with Crippen molar-refractivity contribution in [3.63, 3.8) is 0 Å². The highest BCUT2D eigenvalue weighted by Crippen LogP contribution is 2.39. The lowest BCUT2D eigenvalue weighted by atomic mass is 10.1. The van der Waals surface area contributed by atoms with Crippen LogP contribution in [-0.4, -0.2) is 79.3 Å². The van der Waals surface area contributed by atoms with E-state index in [0.717, 1.165) is 63.7 Å². The van der Waals surface area contributed by atoms with Crippen LogP contribution >= 0.6 is 23.1 Å². The van der Waals surface area contributed by atoms with Gasteiger partial charge in [0.1, 0.15) is 0 Å². The maximum Gasteiger partial charge on any atom is 0.240 e. The summed E-state index contributed by atoms with van der Waals surface area (Å²) in [6, 6.07) is 10.9. The number of fused-ring (bicyclic) bond motifs is 2. The molecule has 1 atom stereocenters. The maximum atomic E-state index is 12.7. The Hall–Kier alpha value is -2.60. The number of nitrogens with zero attached hydrogens (tertiary/aromatic N) is 7. The number of amides is 1. The van der Waals surface area contributed by atoms with Gasteiger partial charge in [-0.15, -0.1) is 10.2 Å². The third kappa shape index (κ3) is 5.09. The second-order valence-corrected chi connectivity index (χ2v) is 12.5. The van der Waals surface area contributed by atoms with E-state index in [1.165, 1.54) is 37.0 Å². The minimum absolute atomic E-state index is 0.00446. The smallest absolute Gasteiger partial charge is 0.240 e. The van der Waals surface area contributed by atoms with Crippen LogP contribution in [0.4, 0.5) is 5.13 Å². The first-order valence-corrected chi connectivity index (χ1v) is 14.8. The topological polar surface area (TPSA) is 91.5 Å². The van der Waals surface area contributed by atoms with Crippen LogP contribution in [0.15, 0.2) is 40.4 Å². The fourth-order valence-corrected chi connectivity index (χ4v) is 6.96. The molecular formula is C26H30N8OS2. The maximum absolute atomic E-state index is 12.7. The molecule has 0 bridgehead atoms. The molecule has 1 aromatic carbocycles. The molecule has 192 valence electrons. The summed E-state index contributed by atoms with van der Waals surface area (Å²) in [5, 5.41) is 17.8. The van der Waals surface area contributed by atoms with Gasteiger partial charge in [-0.3, -0.25) is 14.6 Å². The summed E-state index contributed by atoms with van der Waals surface area (Å²) in [6.07, 6.45) is 5.17. The summed E-state index contributed by atoms with van der Waals surface area (Å²) in [5.74, 6) is 1.47. The van der Waals surface area contributed by atoms with Gasteiger partial charge in [0.05, 0.1) is 22.5 Å². The van der Waals surface area contributed by atoms with Gasteiger partial charge in [-0.25, -0.2) is 4.98 Å². The molecule has 3 aliphatic rings. The number of carbonyl (C=O) groups is 1. The van der Waals surface area contributed by atoms with E-state index >= 15 is 0 Å². The van der Waals surface area contributed by atoms with Gasteiger partial charge in [0.25, 0.3) is 0 Å². The largest absolute Gasteiger partial charge is 0.301 e. The minimum atomic E-state index is 0.00446. The number of carbonyl (C=O) groups excluding carboxylic acids is 1. The molecular weight excluding hydrogens is 504 g/mol. The fourth-order valence-electron chi connectivity index (χ4n) is 5.14. The van der Waals surface area contributed by atoms with Gasteiger partial charge in [-0.2, -0.15) is 9.61 Å². The number of thiazole rings is 1. The lowest BCUT2D eigenvalue weighted by Gasteiger charge is -2.37. The van der Waals surface area contributed by atoms with E-state index in [0.29, 0.717) is 23.6 Å². The molecule has 2 saturated carbocycles. The number of hydrogen-bond donors (Lipinski definition) is 1. The number of rotatable bonds is 8. The molecule has 1 unspecified atom stereocenters. The molecule has 1 amide bonds. The van der Waals surface area contributed by atoms with Crippen LogP contribution in [0.2, 0.25) is 0 Å². The third-order valence-electron chi connectivity index (χ3n) is 7.72. The molecule has 0 spiro atoms. The number of nitrogens with one attached hydrogen (secondary N) is 1. The zero-order chi connectivity index (χ0) is 24.9. The Morgan fingerprint density at radius 2 is 1.95 bits per heavy atom. The Labute approximate surface area is 223 Å². The predicted octanol–water partition coefficient (Wildman–Crippen LogP) is 4.12. The summed E-state index contributed by atoms with van der Waals surface area (Å²) in [7, 11) is 0. The molecule has 4 heterocycles. The summed E-state index contributed by atoms with van der Waals surface area (Å²) in [5.41, 5.74) is 2.75. The molecule has 4 aromatic rings. The highest BCUT2D eigenvalue weighted by molar-refractivity contribution is 7.99. The van der Waals surface area contributed by atoms with Crippen molar-refractivity contribution in [3.05, 3.63) is 36.0 Å². The van der Waals surface area contributed by atoms with Crippen LogP contribution in [0.3, 0.4) is 0 Å². The molecule has 11 heteroatoms. The van der Waals surface area contributed by atoms with Crippen molar-refractivity contribution >= 4 is 50.0 Å². The molecule has 3 fully saturated rings. The zero-order valence-corrected chi connectivity index (χ0v) is 22.5. The van der Waals surface area contributed by atoms with Crippen molar-refractivity contribution in [3.8, 4) is 0 Å². The van der Waals surface area contributed by atoms with Crippen molar-refractivity contribution in [2.24, 2.45) is 5.92 Å². The lowest BCUT2D eigenvalue weighted by molar-refractivity contribution is -0.117. The number of aromatic nitrogens is 5. The molecule has 1 aliphatic heterocycles. The van der Waals surface area contributed by atoms with E-state index in [4.69, 9.17) is 5.10 Å². The van der Waals surface area contributed by atoms with Crippen LogP contribution in [0, 0.1) is 5.92 Å². The van der Waals surface area contributed by atoms with Crippen molar-refractivity contribution < 1.29 is 4.79 Å². The van der Waals surface area contributed by atoms with Gasteiger partial charge in [0, 0.05) is 43.0 Å². The first-order valence-electron chi connectivity index (χ1n) is 13.2. The van der Waals surface area contributed by atoms with Gasteiger partial charge in [-0.05, 0) is 80.6 Å². The Balaban J connectivity index is 0.984. The summed E-state index contributed by atoms with van der Waals surface area (Å²) >= 11 is 3.05. The zero-order valence-electron chi connectivity index (χ0n) is 20.8. The molecule has 37 heavy (non-hydrogen) atoms. The first-order chi connectivity index (χ1) is 18.1. The molecule has 0 radical (unpaired) electrons. The first kappa shape index (κ1) is 23.5. The van der Waals surface area contributed by atoms with Crippen LogP contribution in [0.5, 0.6) is 0 Å². The minimum Gasteiger partial charge on any atom is -0.301 e. The SMILES string of the molecule is CC(C1CC1)N1CCN(CC(=O)Nc2nc3ccc(Sc4nnc5ccc(C6CC6)nn45)cc3s2)CC1. The second-order valence-electron chi connectivity index (χ2n) is 10.5. The van der Waals surface area contributed by atoms with Crippen LogP contribution < -0.4 is 5.32 Å². The van der Waals surface area contributed by atoms with E-state index in [1.807, 2.05) is 22.7 Å². The Morgan fingerprint density at radius 1 is 1.11 bits per heavy atom. The molecule has 2 aliphatic carbocycles. The highest BCUT2D eigenvalue weighted by Gasteiger charge is 2.33. The quantitative estimate of drug-likeness (QED) is 0.361. The summed E-state index contributed by atoms with van der Waals surface area (Å²) in [4.78, 5) is 23.3. The second kappa shape index (κ2) is 9.61. The summed E-state index contributed by atoms with van der Waals surface area (Å²) < 4.78 is 2.87. The van der Waals surface area contributed by atoms with Crippen molar-refractivity contribution in [1.82, 2.24) is 34.6 Å². The molecule has 1 saturated heterocycles. The molecule has 9 nitrogen and oxygen atoms in total. The highest BCUT2D eigenvalue weighted by atomic mass is 32.2. The van der Waals surface area contributed by atoms with Gasteiger partial charge >= 0.3 is 0 Å². The normalized spacial score (nSPS) is 20.0. The predicted molar refractivity (Wildman–Crippen MR) is 145 cm³/mol. The molecule has 1 N–H and O–H groups in total. The van der Waals surface area contributed by atoms with Crippen molar-refractivity contribution in [2.75, 3.05) is 38.0 Å². The fraction of sp³-hybridized carbons (Fsp3) is 0.500. The van der Waals surface area contributed by atoms with Crippen molar-refractivity contribution in [2.45, 2.75) is 54.6 Å². The Kier molecular flexibility index (Phi) is 6.11. The average molecular weight is 535 g/mol. The standard InChI is InChI=1S/C26H30N8OS2/c1-16(17-2-3-17)33-12-10-32(11-13-33)15-24(35)28-25-27-21-7-6-19(14-22(21)37-25)36-26-30-29-23-9-8-20(18-4-5-18)31-34(23)26/h6-9,14,16-18H,2-5,10-13,15H2,1H3,(H,27,28,35). The van der Waals surface area contributed by atoms with Gasteiger partial charge in [-0.1, -0.05) is 11.3 Å². The average Bonchev–Trinajstić information content (AvgIpc) is 3.84. The lowest BCUT2D eigenvalue weighted by Crippen LogP contribution is -2.51. The monoisotopic (exact) mass is 534 g/mol. The van der Waals surface area contributed by atoms with Crippen LogP contribution in [-0.2, 0) is 4.79 Å². The van der Waals surface area contributed by atoms with E-state index in [2.05, 4.69) is 49.4 Å². The van der Waals surface area contributed by atoms with Gasteiger partial charge < -0.3 is 5.32 Å². The van der Waals surface area contributed by atoms with E-state index in [1.54, 1.807) is 11.8 Å². The summed E-state index contributed by atoms with van der Waals surface area (Å²) in [6.45, 7) is 6.75. The van der Waals surface area contributed by atoms with Crippen molar-refractivity contribution in [1.29, 1.82) is 0 Å².